The van der Waals surface area contributed by atoms with E-state index < -0.39 is 0 Å². The van der Waals surface area contributed by atoms with Gasteiger partial charge in [0.25, 0.3) is 0 Å². The fraction of sp³-hybridized carbons (Fsp3) is 0. The van der Waals surface area contributed by atoms with Crippen LogP contribution >= 0.6 is 11.6 Å². The second kappa shape index (κ2) is 3.06. The summed E-state index contributed by atoms with van der Waals surface area (Å²) in [6, 6.07) is 1.56. The van der Waals surface area contributed by atoms with Crippen LogP contribution in [0.15, 0.2) is 27.5 Å². The highest BCUT2D eigenvalue weighted by molar-refractivity contribution is 6.32. The number of aldehydes is 1. The van der Waals surface area contributed by atoms with Gasteiger partial charge in [-0.05, 0) is 6.07 Å². The van der Waals surface area contributed by atoms with E-state index in [-0.39, 0.29) is 5.76 Å². The molecule has 0 N–H and O–H groups in total. The van der Waals surface area contributed by atoms with Crippen molar-refractivity contribution in [1.29, 1.82) is 0 Å². The van der Waals surface area contributed by atoms with E-state index >= 15 is 0 Å². The highest BCUT2D eigenvalue weighted by Gasteiger charge is 2.16. The van der Waals surface area contributed by atoms with E-state index in [2.05, 4.69) is 5.16 Å². The predicted octanol–water partition coefficient (Wildman–Crippen LogP) is 2.40. The predicted molar refractivity (Wildman–Crippen MR) is 44.6 cm³/mol. The highest BCUT2D eigenvalue weighted by Crippen LogP contribution is 2.30. The van der Waals surface area contributed by atoms with Gasteiger partial charge in [0.1, 0.15) is 0 Å². The lowest BCUT2D eigenvalue weighted by Gasteiger charge is -1.90. The zero-order chi connectivity index (χ0) is 9.26. The number of rotatable bonds is 2. The summed E-state index contributed by atoms with van der Waals surface area (Å²) in [7, 11) is 0. The molecule has 2 heterocycles. The van der Waals surface area contributed by atoms with Crippen molar-refractivity contribution in [3.05, 3.63) is 29.1 Å². The molecule has 2 rings (SSSR count). The van der Waals surface area contributed by atoms with Crippen LogP contribution in [0.4, 0.5) is 0 Å². The summed E-state index contributed by atoms with van der Waals surface area (Å²) in [6.07, 6.45) is 3.35. The number of carbonyl (C=O) groups excluding carboxylic acids is 1. The molecule has 2 aromatic heterocycles. The Morgan fingerprint density at radius 1 is 1.46 bits per heavy atom. The van der Waals surface area contributed by atoms with Gasteiger partial charge >= 0.3 is 0 Å². The van der Waals surface area contributed by atoms with Gasteiger partial charge in [-0.2, -0.15) is 0 Å². The number of hydrogen-bond acceptors (Lipinski definition) is 4. The summed E-state index contributed by atoms with van der Waals surface area (Å²) in [5.41, 5.74) is 0.317. The molecule has 4 nitrogen and oxygen atoms in total. The largest absolute Gasteiger partial charge is 0.459 e. The van der Waals surface area contributed by atoms with Gasteiger partial charge in [-0.3, -0.25) is 4.79 Å². The Bertz CT molecular complexity index is 432. The number of furan rings is 1. The number of halogens is 1. The third kappa shape index (κ3) is 1.25. The monoisotopic (exact) mass is 197 g/mol. The summed E-state index contributed by atoms with van der Waals surface area (Å²) in [6.45, 7) is 0. The average Bonchev–Trinajstić information content (AvgIpc) is 2.71. The summed E-state index contributed by atoms with van der Waals surface area (Å²) >= 11 is 5.76. The molecule has 5 heteroatoms. The molecule has 0 fully saturated rings. The van der Waals surface area contributed by atoms with Gasteiger partial charge in [-0.15, -0.1) is 0 Å². The molecule has 0 aliphatic rings. The normalized spacial score (nSPS) is 10.2. The second-order valence-electron chi connectivity index (χ2n) is 2.33. The van der Waals surface area contributed by atoms with Gasteiger partial charge in [0.2, 0.25) is 5.76 Å². The van der Waals surface area contributed by atoms with Crippen molar-refractivity contribution in [1.82, 2.24) is 5.16 Å². The fourth-order valence-corrected chi connectivity index (χ4v) is 1.14. The molecule has 0 atom stereocenters. The number of hydrogen-bond donors (Lipinski definition) is 0. The summed E-state index contributed by atoms with van der Waals surface area (Å²) < 4.78 is 9.85. The van der Waals surface area contributed by atoms with Crippen molar-refractivity contribution < 1.29 is 13.7 Å². The molecule has 0 aromatic carbocycles. The third-order valence-corrected chi connectivity index (χ3v) is 1.85. The van der Waals surface area contributed by atoms with E-state index in [1.165, 1.54) is 12.5 Å². The molecule has 0 unspecified atom stereocenters. The molecule has 66 valence electrons. The van der Waals surface area contributed by atoms with E-state index in [0.29, 0.717) is 22.6 Å². The molecule has 13 heavy (non-hydrogen) atoms. The van der Waals surface area contributed by atoms with Crippen LogP contribution < -0.4 is 0 Å². The minimum atomic E-state index is 0.255. The van der Waals surface area contributed by atoms with Crippen LogP contribution in [0.3, 0.4) is 0 Å². The smallest absolute Gasteiger partial charge is 0.214 e. The Kier molecular flexibility index (Phi) is 1.90. The van der Waals surface area contributed by atoms with Crippen LogP contribution in [0.5, 0.6) is 0 Å². The Morgan fingerprint density at radius 3 is 2.92 bits per heavy atom. The Hall–Kier alpha value is -1.55. The fourth-order valence-electron chi connectivity index (χ4n) is 0.959. The molecule has 0 saturated carbocycles. The van der Waals surface area contributed by atoms with Gasteiger partial charge in [0.05, 0.1) is 23.0 Å². The van der Waals surface area contributed by atoms with Crippen LogP contribution in [0.25, 0.3) is 11.5 Å². The van der Waals surface area contributed by atoms with Gasteiger partial charge in [0, 0.05) is 0 Å². The first-order valence-corrected chi connectivity index (χ1v) is 3.84. The van der Waals surface area contributed by atoms with Crippen molar-refractivity contribution in [3.63, 3.8) is 0 Å². The first-order chi connectivity index (χ1) is 6.33. The van der Waals surface area contributed by atoms with Crippen LogP contribution in [-0.4, -0.2) is 11.4 Å². The Labute approximate surface area is 78.1 Å². The van der Waals surface area contributed by atoms with Crippen molar-refractivity contribution in [2.24, 2.45) is 0 Å². The van der Waals surface area contributed by atoms with E-state index in [0.717, 1.165) is 0 Å². The van der Waals surface area contributed by atoms with Gasteiger partial charge in [-0.25, -0.2) is 0 Å². The average molecular weight is 198 g/mol. The van der Waals surface area contributed by atoms with E-state index in [4.69, 9.17) is 20.5 Å². The Morgan fingerprint density at radius 2 is 2.31 bits per heavy atom. The van der Waals surface area contributed by atoms with Crippen molar-refractivity contribution >= 4 is 17.9 Å². The van der Waals surface area contributed by atoms with Crippen LogP contribution in [0.2, 0.25) is 5.02 Å². The summed E-state index contributed by atoms with van der Waals surface area (Å²) in [5, 5.41) is 3.85. The maximum absolute atomic E-state index is 10.5. The SMILES string of the molecule is O=Cc1cnoc1-c1occc1Cl. The van der Waals surface area contributed by atoms with Gasteiger partial charge < -0.3 is 8.94 Å². The van der Waals surface area contributed by atoms with Crippen LogP contribution in [0, 0.1) is 0 Å². The third-order valence-electron chi connectivity index (χ3n) is 1.55. The zero-order valence-electron chi connectivity index (χ0n) is 6.36. The number of carbonyl (C=O) groups is 1. The molecule has 0 saturated heterocycles. The number of nitrogens with zero attached hydrogens (tertiary/aromatic N) is 1. The van der Waals surface area contributed by atoms with Crippen molar-refractivity contribution in [2.45, 2.75) is 0 Å². The van der Waals surface area contributed by atoms with Gasteiger partial charge in [-0.1, -0.05) is 16.8 Å². The lowest BCUT2D eigenvalue weighted by atomic mass is 10.2. The van der Waals surface area contributed by atoms with E-state index in [1.807, 2.05) is 0 Å². The van der Waals surface area contributed by atoms with Crippen molar-refractivity contribution in [2.75, 3.05) is 0 Å². The lowest BCUT2D eigenvalue weighted by molar-refractivity contribution is 0.112. The highest BCUT2D eigenvalue weighted by atomic mass is 35.5. The van der Waals surface area contributed by atoms with Gasteiger partial charge in [0.15, 0.2) is 12.0 Å². The standard InChI is InChI=1S/C8H4ClNO3/c9-6-1-2-12-8(6)7-5(4-11)3-10-13-7/h1-4H. The van der Waals surface area contributed by atoms with E-state index in [1.54, 1.807) is 6.07 Å². The summed E-state index contributed by atoms with van der Waals surface area (Å²) in [4.78, 5) is 10.5. The molecule has 0 bridgehead atoms. The first-order valence-electron chi connectivity index (χ1n) is 3.46. The lowest BCUT2D eigenvalue weighted by Crippen LogP contribution is -1.78. The maximum atomic E-state index is 10.5. The van der Waals surface area contributed by atoms with E-state index in [9.17, 15) is 4.79 Å². The molecule has 2 aromatic rings. The minimum Gasteiger partial charge on any atom is -0.459 e. The molecule has 0 aliphatic heterocycles. The quantitative estimate of drug-likeness (QED) is 0.694. The minimum absolute atomic E-state index is 0.255. The zero-order valence-corrected chi connectivity index (χ0v) is 7.12. The molecule has 0 aliphatic carbocycles. The molecule has 0 amide bonds. The second-order valence-corrected chi connectivity index (χ2v) is 2.73. The number of aromatic nitrogens is 1. The molecule has 0 spiro atoms. The first kappa shape index (κ1) is 8.07. The molecular weight excluding hydrogens is 194 g/mol. The van der Waals surface area contributed by atoms with Crippen LogP contribution in [-0.2, 0) is 0 Å². The van der Waals surface area contributed by atoms with Crippen LogP contribution in [0.1, 0.15) is 10.4 Å². The topological polar surface area (TPSA) is 56.2 Å². The summed E-state index contributed by atoms with van der Waals surface area (Å²) in [5.74, 6) is 0.575. The maximum Gasteiger partial charge on any atom is 0.214 e. The van der Waals surface area contributed by atoms with Crippen molar-refractivity contribution in [3.8, 4) is 11.5 Å². The molecule has 0 radical (unpaired) electrons. The molecular formula is C8H4ClNO3. The Balaban J connectivity index is 2.58.